The van der Waals surface area contributed by atoms with Gasteiger partial charge in [0.15, 0.2) is 11.6 Å². The Hall–Kier alpha value is -15.6. The Bertz CT molecular complexity index is 8550. The SMILES string of the molecule is c1ccc(-c2ccc(-c3nc(-c4ccc(-n5c6cccc7c8cccc9c%10ccccc%10n(c%10cccc5c%10c76)c89)cc4)nc4c3ccc3ccccc34)cc2)cc1.c1ccc(-c2cccc(-c3nc(-c4ccc(-n5c6cccc7c8cccc9c%10ccccc%10n(c%10cccc5c%10c76)c89)cc4)nc4c3ccc3ccccc34)c2)cc1. The Kier molecular flexibility index (Phi) is 13.8. The number of rotatable bonds is 8. The average molecular weight is 1470 g/mol. The first kappa shape index (κ1) is 64.1. The molecular formula is C108H64N8. The summed E-state index contributed by atoms with van der Waals surface area (Å²) in [5.74, 6) is 1.41. The fourth-order valence-corrected chi connectivity index (χ4v) is 19.4. The third-order valence-corrected chi connectivity index (χ3v) is 24.5. The van der Waals surface area contributed by atoms with Crippen LogP contribution in [0.25, 0.3) is 242 Å². The minimum atomic E-state index is 0.705. The minimum absolute atomic E-state index is 0.705. The number of nitrogens with zero attached hydrogens (tertiary/aromatic N) is 8. The van der Waals surface area contributed by atoms with Crippen LogP contribution in [0.1, 0.15) is 0 Å². The van der Waals surface area contributed by atoms with Gasteiger partial charge >= 0.3 is 0 Å². The van der Waals surface area contributed by atoms with Gasteiger partial charge in [0.05, 0.1) is 77.6 Å². The van der Waals surface area contributed by atoms with E-state index < -0.39 is 0 Å². The molecule has 0 fully saturated rings. The van der Waals surface area contributed by atoms with Gasteiger partial charge in [-0.05, 0) is 159 Å². The Labute approximate surface area is 663 Å². The van der Waals surface area contributed by atoms with E-state index in [1.807, 2.05) is 0 Å². The van der Waals surface area contributed by atoms with Gasteiger partial charge in [-0.2, -0.15) is 0 Å². The van der Waals surface area contributed by atoms with Gasteiger partial charge in [0.2, 0.25) is 0 Å². The van der Waals surface area contributed by atoms with Crippen LogP contribution >= 0.6 is 0 Å². The standard InChI is InChI=1S/2C54H32N4/c1-2-12-33(13-3-1)36-15-8-16-37(32-36)51-44-31-28-34-14-4-5-17-39(34)52(44)56-54(55-51)35-26-29-38(30-27-35)57-46-23-10-19-41-43-21-9-20-42-40-18-6-7-22-45(40)58(53(42)43)48-25-11-24-47(57)50(48)49(41)46;1-2-11-33(12-3-1)34-23-25-36(26-24-34)51-44-32-29-35-13-4-5-14-39(35)52(44)56-54(55-51)37-27-30-38(31-28-37)57-46-20-9-16-41-43-18-8-17-42-40-15-6-7-19-45(40)58(53(42)43)48-22-10-21-47(57)50(48)49(41)46/h2*1-32H. The Morgan fingerprint density at radius 2 is 0.491 bits per heavy atom. The van der Waals surface area contributed by atoms with Gasteiger partial charge in [-0.15, -0.1) is 0 Å². The molecule has 0 atom stereocenters. The topological polar surface area (TPSA) is 70.2 Å². The smallest absolute Gasteiger partial charge is 0.160 e. The summed E-state index contributed by atoms with van der Waals surface area (Å²) in [7, 11) is 0. The maximum Gasteiger partial charge on any atom is 0.160 e. The fraction of sp³-hybridized carbons (Fsp3) is 0. The molecule has 0 unspecified atom stereocenters. The number of hydrogen-bond donors (Lipinski definition) is 0. The molecule has 0 N–H and O–H groups in total. The van der Waals surface area contributed by atoms with Crippen LogP contribution in [-0.2, 0) is 0 Å². The van der Waals surface area contributed by atoms with Crippen LogP contribution in [0, 0.1) is 0 Å². The van der Waals surface area contributed by atoms with Crippen LogP contribution in [0.5, 0.6) is 0 Å². The van der Waals surface area contributed by atoms with E-state index in [1.165, 1.54) is 136 Å². The number of hydrogen-bond acceptors (Lipinski definition) is 4. The summed E-state index contributed by atoms with van der Waals surface area (Å²) >= 11 is 0. The van der Waals surface area contributed by atoms with E-state index in [0.29, 0.717) is 11.6 Å². The highest BCUT2D eigenvalue weighted by atomic mass is 15.0. The highest BCUT2D eigenvalue weighted by molar-refractivity contribution is 6.33. The molecule has 0 bridgehead atoms. The molecule has 26 aromatic rings. The summed E-state index contributed by atoms with van der Waals surface area (Å²) in [4.78, 5) is 21.3. The lowest BCUT2D eigenvalue weighted by molar-refractivity contribution is 1.17. The molecule has 0 aliphatic heterocycles. The molecule has 8 heteroatoms. The quantitative estimate of drug-likeness (QED) is 0.142. The molecule has 0 aliphatic rings. The molecule has 18 aromatic carbocycles. The van der Waals surface area contributed by atoms with Crippen LogP contribution in [0.2, 0.25) is 0 Å². The third kappa shape index (κ3) is 9.43. The van der Waals surface area contributed by atoms with Crippen LogP contribution in [0.4, 0.5) is 0 Å². The van der Waals surface area contributed by atoms with Gasteiger partial charge in [-0.1, -0.05) is 273 Å². The average Bonchev–Trinajstić information content (AvgIpc) is 1.54. The molecule has 0 radical (unpaired) electrons. The van der Waals surface area contributed by atoms with Crippen LogP contribution in [-0.4, -0.2) is 37.9 Å². The molecule has 8 nitrogen and oxygen atoms in total. The van der Waals surface area contributed by atoms with Crippen molar-refractivity contribution in [1.29, 1.82) is 0 Å². The first-order valence-corrected chi connectivity index (χ1v) is 39.7. The number of para-hydroxylation sites is 4. The third-order valence-electron chi connectivity index (χ3n) is 24.5. The molecule has 0 saturated heterocycles. The van der Waals surface area contributed by atoms with E-state index >= 15 is 0 Å². The fourth-order valence-electron chi connectivity index (χ4n) is 19.4. The van der Waals surface area contributed by atoms with Gasteiger partial charge in [0.1, 0.15) is 0 Å². The largest absolute Gasteiger partial charge is 0.309 e. The van der Waals surface area contributed by atoms with Crippen molar-refractivity contribution in [3.05, 3.63) is 388 Å². The van der Waals surface area contributed by atoms with E-state index in [4.69, 9.17) is 19.9 Å². The first-order chi connectivity index (χ1) is 57.6. The Balaban J connectivity index is 0.000000130. The highest BCUT2D eigenvalue weighted by Gasteiger charge is 2.26. The van der Waals surface area contributed by atoms with Gasteiger partial charge in [-0.25, -0.2) is 19.9 Å². The maximum absolute atomic E-state index is 5.36. The summed E-state index contributed by atoms with van der Waals surface area (Å²) in [6.07, 6.45) is 0. The van der Waals surface area contributed by atoms with Gasteiger partial charge < -0.3 is 17.9 Å². The number of fused-ring (bicyclic) bond motifs is 16. The van der Waals surface area contributed by atoms with Crippen molar-refractivity contribution >= 4 is 163 Å². The van der Waals surface area contributed by atoms with Crippen molar-refractivity contribution < 1.29 is 0 Å². The second-order valence-electron chi connectivity index (χ2n) is 30.7. The van der Waals surface area contributed by atoms with Crippen molar-refractivity contribution in [3.8, 4) is 78.9 Å². The van der Waals surface area contributed by atoms with Crippen molar-refractivity contribution in [2.24, 2.45) is 0 Å². The Morgan fingerprint density at radius 3 is 0.983 bits per heavy atom. The molecule has 26 rings (SSSR count). The Morgan fingerprint density at radius 1 is 0.172 bits per heavy atom. The zero-order valence-electron chi connectivity index (χ0n) is 62.5. The summed E-state index contributed by atoms with van der Waals surface area (Å²) in [5, 5.41) is 21.9. The van der Waals surface area contributed by atoms with Crippen molar-refractivity contribution in [1.82, 2.24) is 37.9 Å². The van der Waals surface area contributed by atoms with E-state index in [0.717, 1.165) is 93.9 Å². The lowest BCUT2D eigenvalue weighted by atomic mass is 9.98. The molecular weight excluding hydrogens is 1410 g/mol. The van der Waals surface area contributed by atoms with Gasteiger partial charge in [0, 0.05) is 109 Å². The van der Waals surface area contributed by atoms with Crippen LogP contribution in [0.15, 0.2) is 388 Å². The van der Waals surface area contributed by atoms with E-state index in [9.17, 15) is 0 Å². The molecule has 0 amide bonds. The second kappa shape index (κ2) is 24.9. The van der Waals surface area contributed by atoms with Gasteiger partial charge in [0.25, 0.3) is 0 Å². The number of benzene rings is 18. The lowest BCUT2D eigenvalue weighted by Gasteiger charge is -2.13. The van der Waals surface area contributed by atoms with E-state index in [1.54, 1.807) is 0 Å². The monoisotopic (exact) mass is 1470 g/mol. The molecule has 0 saturated carbocycles. The second-order valence-corrected chi connectivity index (χ2v) is 30.7. The first-order valence-electron chi connectivity index (χ1n) is 39.7. The lowest BCUT2D eigenvalue weighted by Crippen LogP contribution is -1.98. The predicted molar refractivity (Wildman–Crippen MR) is 485 cm³/mol. The summed E-state index contributed by atoms with van der Waals surface area (Å²) in [6.45, 7) is 0. The van der Waals surface area contributed by atoms with Crippen molar-refractivity contribution in [3.63, 3.8) is 0 Å². The molecule has 8 heterocycles. The van der Waals surface area contributed by atoms with Gasteiger partial charge in [-0.3, -0.25) is 0 Å². The molecule has 8 aromatic heterocycles. The van der Waals surface area contributed by atoms with Crippen molar-refractivity contribution in [2.75, 3.05) is 0 Å². The number of aromatic nitrogens is 8. The zero-order chi connectivity index (χ0) is 75.8. The summed E-state index contributed by atoms with van der Waals surface area (Å²) in [5.41, 5.74) is 26.9. The molecule has 0 spiro atoms. The predicted octanol–water partition coefficient (Wildman–Crippen LogP) is 28.1. The molecule has 116 heavy (non-hydrogen) atoms. The van der Waals surface area contributed by atoms with Crippen LogP contribution < -0.4 is 0 Å². The summed E-state index contributed by atoms with van der Waals surface area (Å²) < 4.78 is 9.83. The normalized spacial score (nSPS) is 12.1. The summed E-state index contributed by atoms with van der Waals surface area (Å²) in [6, 6.07) is 140. The van der Waals surface area contributed by atoms with Crippen molar-refractivity contribution in [2.45, 2.75) is 0 Å². The minimum Gasteiger partial charge on any atom is -0.309 e. The zero-order valence-corrected chi connectivity index (χ0v) is 62.5. The highest BCUT2D eigenvalue weighted by Crippen LogP contribution is 2.48. The van der Waals surface area contributed by atoms with E-state index in [2.05, 4.69) is 406 Å². The van der Waals surface area contributed by atoms with Crippen LogP contribution in [0.3, 0.4) is 0 Å². The molecule has 0 aliphatic carbocycles. The maximum atomic E-state index is 5.36. The van der Waals surface area contributed by atoms with E-state index in [-0.39, 0.29) is 0 Å². The molecule has 536 valence electrons.